The van der Waals surface area contributed by atoms with Crippen LogP contribution in [0.2, 0.25) is 0 Å². The van der Waals surface area contributed by atoms with Crippen molar-refractivity contribution in [1.82, 2.24) is 29.5 Å². The molecule has 24 heavy (non-hydrogen) atoms. The van der Waals surface area contributed by atoms with Crippen LogP contribution in [0.3, 0.4) is 0 Å². The first-order valence-electron chi connectivity index (χ1n) is 7.93. The van der Waals surface area contributed by atoms with E-state index in [1.807, 2.05) is 31.4 Å². The molecule has 1 aliphatic rings. The van der Waals surface area contributed by atoms with Crippen molar-refractivity contribution in [3.8, 4) is 17.2 Å². The van der Waals surface area contributed by atoms with E-state index in [0.717, 1.165) is 11.5 Å². The van der Waals surface area contributed by atoms with E-state index in [-0.39, 0.29) is 12.0 Å². The molecule has 8 heteroatoms. The first-order valence-corrected chi connectivity index (χ1v) is 7.93. The second kappa shape index (κ2) is 5.81. The maximum absolute atomic E-state index is 10.0. The molecule has 1 fully saturated rings. The van der Waals surface area contributed by atoms with Gasteiger partial charge in [-0.25, -0.2) is 9.67 Å². The monoisotopic (exact) mass is 325 g/mol. The molecule has 8 nitrogen and oxygen atoms in total. The molecule has 3 aromatic heterocycles. The first-order chi connectivity index (χ1) is 11.6. The van der Waals surface area contributed by atoms with Crippen LogP contribution in [-0.2, 0) is 7.05 Å². The van der Waals surface area contributed by atoms with E-state index in [1.54, 1.807) is 21.8 Å². The summed E-state index contributed by atoms with van der Waals surface area (Å²) in [6.45, 7) is 0. The van der Waals surface area contributed by atoms with Gasteiger partial charge in [-0.2, -0.15) is 5.10 Å². The van der Waals surface area contributed by atoms with Gasteiger partial charge in [-0.15, -0.1) is 5.10 Å². The predicted octanol–water partition coefficient (Wildman–Crippen LogP) is 0.628. The van der Waals surface area contributed by atoms with Gasteiger partial charge in [-0.3, -0.25) is 9.67 Å². The average Bonchev–Trinajstić information content (AvgIpc) is 3.28. The van der Waals surface area contributed by atoms with Crippen LogP contribution in [0.1, 0.15) is 24.6 Å². The van der Waals surface area contributed by atoms with E-state index in [4.69, 9.17) is 10.7 Å². The summed E-state index contributed by atoms with van der Waals surface area (Å²) in [6, 6.07) is 5.41. The SMILES string of the molecule is Cn1cc(-n2nc(-c3ccccn3)nc2[C@H]2C[C@H](N)[C@@H](O)C2)cn1. The average molecular weight is 325 g/mol. The molecule has 0 radical (unpaired) electrons. The number of aliphatic hydroxyl groups is 1. The summed E-state index contributed by atoms with van der Waals surface area (Å²) in [6.07, 6.45) is 6.10. The summed E-state index contributed by atoms with van der Waals surface area (Å²) < 4.78 is 3.50. The van der Waals surface area contributed by atoms with Crippen molar-refractivity contribution >= 4 is 0 Å². The lowest BCUT2D eigenvalue weighted by Gasteiger charge is -2.09. The van der Waals surface area contributed by atoms with Crippen molar-refractivity contribution in [1.29, 1.82) is 0 Å². The fraction of sp³-hybridized carbons (Fsp3) is 0.375. The smallest absolute Gasteiger partial charge is 0.200 e. The second-order valence-corrected chi connectivity index (χ2v) is 6.19. The van der Waals surface area contributed by atoms with Crippen molar-refractivity contribution < 1.29 is 5.11 Å². The van der Waals surface area contributed by atoms with Gasteiger partial charge in [0.2, 0.25) is 0 Å². The molecule has 3 heterocycles. The normalized spacial score (nSPS) is 23.7. The minimum absolute atomic E-state index is 0.0557. The van der Waals surface area contributed by atoms with Gasteiger partial charge >= 0.3 is 0 Å². The summed E-state index contributed by atoms with van der Waals surface area (Å²) in [5.41, 5.74) is 7.52. The van der Waals surface area contributed by atoms with Crippen molar-refractivity contribution in [3.05, 3.63) is 42.6 Å². The Morgan fingerprint density at radius 2 is 2.17 bits per heavy atom. The molecule has 1 saturated carbocycles. The van der Waals surface area contributed by atoms with Crippen molar-refractivity contribution in [2.24, 2.45) is 12.8 Å². The zero-order valence-electron chi connectivity index (χ0n) is 13.3. The van der Waals surface area contributed by atoms with Gasteiger partial charge in [-0.05, 0) is 25.0 Å². The molecule has 0 saturated heterocycles. The van der Waals surface area contributed by atoms with Crippen LogP contribution in [0.4, 0.5) is 0 Å². The van der Waals surface area contributed by atoms with Crippen molar-refractivity contribution in [2.75, 3.05) is 0 Å². The summed E-state index contributed by atoms with van der Waals surface area (Å²) in [4.78, 5) is 9.03. The van der Waals surface area contributed by atoms with Gasteiger partial charge in [-0.1, -0.05) is 6.07 Å². The number of hydrogen-bond donors (Lipinski definition) is 2. The molecule has 0 amide bonds. The minimum atomic E-state index is -0.507. The van der Waals surface area contributed by atoms with Crippen molar-refractivity contribution in [2.45, 2.75) is 30.9 Å². The number of nitrogens with zero attached hydrogens (tertiary/aromatic N) is 6. The highest BCUT2D eigenvalue weighted by Gasteiger charge is 2.35. The van der Waals surface area contributed by atoms with Crippen LogP contribution in [0.5, 0.6) is 0 Å². The molecule has 3 atom stereocenters. The second-order valence-electron chi connectivity index (χ2n) is 6.19. The topological polar surface area (TPSA) is 108 Å². The molecule has 0 unspecified atom stereocenters. The molecule has 0 aliphatic heterocycles. The molecule has 3 N–H and O–H groups in total. The number of aliphatic hydroxyl groups excluding tert-OH is 1. The molecule has 124 valence electrons. The van der Waals surface area contributed by atoms with Gasteiger partial charge in [0.25, 0.3) is 0 Å². The zero-order chi connectivity index (χ0) is 16.7. The van der Waals surface area contributed by atoms with E-state index < -0.39 is 6.10 Å². The third-order valence-electron chi connectivity index (χ3n) is 4.40. The highest BCUT2D eigenvalue weighted by atomic mass is 16.3. The summed E-state index contributed by atoms with van der Waals surface area (Å²) in [5.74, 6) is 1.40. The van der Waals surface area contributed by atoms with E-state index in [2.05, 4.69) is 15.2 Å². The quantitative estimate of drug-likeness (QED) is 0.731. The Morgan fingerprint density at radius 3 is 2.79 bits per heavy atom. The van der Waals surface area contributed by atoms with E-state index in [9.17, 15) is 5.11 Å². The summed E-state index contributed by atoms with van der Waals surface area (Å²) >= 11 is 0. The number of nitrogens with two attached hydrogens (primary N) is 1. The highest BCUT2D eigenvalue weighted by molar-refractivity contribution is 5.49. The van der Waals surface area contributed by atoms with Crippen LogP contribution in [-0.4, -0.2) is 46.8 Å². The molecule has 1 aliphatic carbocycles. The highest BCUT2D eigenvalue weighted by Crippen LogP contribution is 2.34. The largest absolute Gasteiger partial charge is 0.391 e. The molecule has 0 spiro atoms. The fourth-order valence-corrected chi connectivity index (χ4v) is 3.16. The van der Waals surface area contributed by atoms with Gasteiger partial charge in [0.15, 0.2) is 5.82 Å². The summed E-state index contributed by atoms with van der Waals surface area (Å²) in [5, 5.41) is 18.8. The molecule has 0 aromatic carbocycles. The predicted molar refractivity (Wildman–Crippen MR) is 87.3 cm³/mol. The molecular weight excluding hydrogens is 306 g/mol. The Balaban J connectivity index is 1.80. The summed E-state index contributed by atoms with van der Waals surface area (Å²) in [7, 11) is 1.86. The number of aryl methyl sites for hydroxylation is 1. The lowest BCUT2D eigenvalue weighted by molar-refractivity contribution is 0.163. The zero-order valence-corrected chi connectivity index (χ0v) is 13.3. The molecular formula is C16H19N7O. The molecule has 4 rings (SSSR count). The molecule has 0 bridgehead atoms. The fourth-order valence-electron chi connectivity index (χ4n) is 3.16. The van der Waals surface area contributed by atoms with Crippen LogP contribution in [0.25, 0.3) is 17.2 Å². The third kappa shape index (κ3) is 2.59. The number of hydrogen-bond acceptors (Lipinski definition) is 6. The molecule has 3 aromatic rings. The lowest BCUT2D eigenvalue weighted by Crippen LogP contribution is -2.28. The lowest BCUT2D eigenvalue weighted by atomic mass is 10.1. The van der Waals surface area contributed by atoms with Gasteiger partial charge < -0.3 is 10.8 Å². The van der Waals surface area contributed by atoms with Crippen LogP contribution in [0.15, 0.2) is 36.8 Å². The van der Waals surface area contributed by atoms with Gasteiger partial charge in [0.1, 0.15) is 17.2 Å². The Morgan fingerprint density at radius 1 is 1.29 bits per heavy atom. The van der Waals surface area contributed by atoms with E-state index >= 15 is 0 Å². The van der Waals surface area contributed by atoms with Crippen molar-refractivity contribution in [3.63, 3.8) is 0 Å². The Labute approximate surface area is 139 Å². The Bertz CT molecular complexity index is 831. The number of rotatable bonds is 3. The van der Waals surface area contributed by atoms with Crippen LogP contribution in [0, 0.1) is 0 Å². The number of aromatic nitrogens is 6. The van der Waals surface area contributed by atoms with E-state index in [0.29, 0.717) is 24.4 Å². The number of pyridine rings is 1. The Kier molecular flexibility index (Phi) is 3.62. The Hall–Kier alpha value is -2.58. The third-order valence-corrected chi connectivity index (χ3v) is 4.40. The van der Waals surface area contributed by atoms with Gasteiger partial charge in [0, 0.05) is 25.2 Å². The first kappa shape index (κ1) is 15.0. The maximum Gasteiger partial charge on any atom is 0.200 e. The van der Waals surface area contributed by atoms with Crippen LogP contribution < -0.4 is 5.73 Å². The van der Waals surface area contributed by atoms with Gasteiger partial charge in [0.05, 0.1) is 18.5 Å². The van der Waals surface area contributed by atoms with E-state index in [1.165, 1.54) is 0 Å². The maximum atomic E-state index is 10.0. The van der Waals surface area contributed by atoms with Crippen LogP contribution >= 0.6 is 0 Å². The minimum Gasteiger partial charge on any atom is -0.391 e. The standard InChI is InChI=1S/C16H19N7O/c1-22-9-11(8-19-22)23-16(10-6-12(17)14(24)7-10)20-15(21-23)13-4-2-3-5-18-13/h2-5,8-10,12,14,24H,6-7,17H2,1H3/t10-,12-,14-/m0/s1.